The number of aromatic nitrogens is 1. The monoisotopic (exact) mass is 433 g/mol. The Hall–Kier alpha value is -2.66. The van der Waals surface area contributed by atoms with Gasteiger partial charge in [0.05, 0.1) is 29.8 Å². The van der Waals surface area contributed by atoms with Crippen molar-refractivity contribution < 1.29 is 4.74 Å². The normalized spacial score (nSPS) is 13.4. The molecule has 5 heteroatoms. The number of nitrogens with zero attached hydrogens (tertiary/aromatic N) is 3. The minimum Gasteiger partial charge on any atom is -0.496 e. The second-order valence-corrected chi connectivity index (χ2v) is 9.20. The number of thiazole rings is 1. The molecule has 4 rings (SSSR count). The summed E-state index contributed by atoms with van der Waals surface area (Å²) in [6, 6.07) is 11.1. The Morgan fingerprint density at radius 3 is 2.74 bits per heavy atom. The summed E-state index contributed by atoms with van der Waals surface area (Å²) >= 11 is 1.72. The van der Waals surface area contributed by atoms with Gasteiger partial charge in [-0.2, -0.15) is 0 Å². The zero-order chi connectivity index (χ0) is 21.8. The lowest BCUT2D eigenvalue weighted by atomic mass is 9.90. The Morgan fingerprint density at radius 2 is 1.97 bits per heavy atom. The van der Waals surface area contributed by atoms with E-state index in [-0.39, 0.29) is 0 Å². The van der Waals surface area contributed by atoms with Gasteiger partial charge < -0.3 is 9.64 Å². The van der Waals surface area contributed by atoms with E-state index in [4.69, 9.17) is 9.72 Å². The van der Waals surface area contributed by atoms with E-state index in [9.17, 15) is 0 Å². The summed E-state index contributed by atoms with van der Waals surface area (Å²) in [5.41, 5.74) is 8.55. The largest absolute Gasteiger partial charge is 0.496 e. The Morgan fingerprint density at radius 1 is 1.16 bits per heavy atom. The summed E-state index contributed by atoms with van der Waals surface area (Å²) in [6.45, 7) is 5.13. The lowest BCUT2D eigenvalue weighted by Crippen LogP contribution is -2.14. The second kappa shape index (κ2) is 9.65. The fourth-order valence-corrected chi connectivity index (χ4v) is 4.85. The van der Waals surface area contributed by atoms with Crippen molar-refractivity contribution in [3.63, 3.8) is 0 Å². The van der Waals surface area contributed by atoms with Crippen LogP contribution in [0.3, 0.4) is 0 Å². The first kappa shape index (κ1) is 21.6. The van der Waals surface area contributed by atoms with Gasteiger partial charge in [-0.25, -0.2) is 9.98 Å². The maximum absolute atomic E-state index is 5.69. The molecule has 0 unspecified atom stereocenters. The maximum atomic E-state index is 5.69. The van der Waals surface area contributed by atoms with E-state index < -0.39 is 0 Å². The number of hydrogen-bond donors (Lipinski definition) is 0. The van der Waals surface area contributed by atoms with Crippen LogP contribution in [0.15, 0.2) is 40.7 Å². The molecule has 0 bridgehead atoms. The van der Waals surface area contributed by atoms with Crippen LogP contribution in [0.1, 0.15) is 47.0 Å². The number of methoxy groups -OCH3 is 1. The van der Waals surface area contributed by atoms with E-state index in [2.05, 4.69) is 53.4 Å². The highest BCUT2D eigenvalue weighted by atomic mass is 32.1. The lowest BCUT2D eigenvalue weighted by molar-refractivity contribution is 0.410. The van der Waals surface area contributed by atoms with Gasteiger partial charge in [-0.05, 0) is 68.4 Å². The van der Waals surface area contributed by atoms with Crippen LogP contribution in [0.4, 0.5) is 5.69 Å². The highest BCUT2D eigenvalue weighted by Gasteiger charge is 2.14. The predicted molar refractivity (Wildman–Crippen MR) is 131 cm³/mol. The first-order chi connectivity index (χ1) is 15.1. The Labute approximate surface area is 189 Å². The smallest absolute Gasteiger partial charge is 0.124 e. The van der Waals surface area contributed by atoms with Crippen LogP contribution in [-0.4, -0.2) is 36.9 Å². The fraction of sp³-hybridized carbons (Fsp3) is 0.385. The summed E-state index contributed by atoms with van der Waals surface area (Å²) in [4.78, 5) is 11.6. The molecule has 162 valence electrons. The fourth-order valence-electron chi connectivity index (χ4n) is 4.03. The molecule has 0 spiro atoms. The summed E-state index contributed by atoms with van der Waals surface area (Å²) in [5.74, 6) is 0.863. The van der Waals surface area contributed by atoms with E-state index >= 15 is 0 Å². The number of ether oxygens (including phenoxy) is 1. The van der Waals surface area contributed by atoms with Crippen molar-refractivity contribution in [2.24, 2.45) is 4.99 Å². The van der Waals surface area contributed by atoms with Gasteiger partial charge in [0.15, 0.2) is 0 Å². The van der Waals surface area contributed by atoms with Crippen LogP contribution < -0.4 is 4.74 Å². The minimum atomic E-state index is 0.762. The maximum Gasteiger partial charge on any atom is 0.124 e. The summed E-state index contributed by atoms with van der Waals surface area (Å²) in [6.07, 6.45) is 7.65. The van der Waals surface area contributed by atoms with Crippen LogP contribution >= 0.6 is 11.3 Å². The first-order valence-electron chi connectivity index (χ1n) is 11.1. The number of fused-ring (bicyclic) bond motifs is 1. The molecule has 31 heavy (non-hydrogen) atoms. The molecule has 0 aliphatic heterocycles. The van der Waals surface area contributed by atoms with Crippen LogP contribution in [0.5, 0.6) is 5.75 Å². The van der Waals surface area contributed by atoms with Gasteiger partial charge in [-0.15, -0.1) is 11.3 Å². The Kier molecular flexibility index (Phi) is 6.71. The third-order valence-electron chi connectivity index (χ3n) is 6.03. The van der Waals surface area contributed by atoms with E-state index in [0.29, 0.717) is 0 Å². The SMILES string of the molecule is CCN(C)C=Nc1cc(OC)c(Cc2nc(-c3ccc4c(c3)CCCC4)cs2)cc1C. The standard InChI is InChI=1S/C26H31N3OS/c1-5-29(3)17-27-23-15-25(30-4)22(12-18(23)2)14-26-28-24(16-31-26)21-11-10-19-8-6-7-9-20(19)13-21/h10-13,15-17H,5-9,14H2,1-4H3. The lowest BCUT2D eigenvalue weighted by Gasteiger charge is -2.16. The molecular formula is C26H31N3OS. The highest BCUT2D eigenvalue weighted by molar-refractivity contribution is 7.10. The molecule has 0 atom stereocenters. The molecule has 0 amide bonds. The molecule has 1 aromatic heterocycles. The van der Waals surface area contributed by atoms with Crippen molar-refractivity contribution in [3.05, 3.63) is 63.0 Å². The van der Waals surface area contributed by atoms with Crippen molar-refractivity contribution in [1.29, 1.82) is 0 Å². The van der Waals surface area contributed by atoms with Crippen molar-refractivity contribution >= 4 is 23.4 Å². The summed E-state index contributed by atoms with van der Waals surface area (Å²) in [7, 11) is 3.74. The van der Waals surface area contributed by atoms with Gasteiger partial charge in [-0.1, -0.05) is 12.1 Å². The molecule has 0 saturated heterocycles. The topological polar surface area (TPSA) is 37.7 Å². The average Bonchev–Trinajstić information content (AvgIpc) is 3.26. The Bertz CT molecular complexity index is 1090. The van der Waals surface area contributed by atoms with Crippen molar-refractivity contribution in [2.75, 3.05) is 20.7 Å². The van der Waals surface area contributed by atoms with Gasteiger partial charge >= 0.3 is 0 Å². The highest BCUT2D eigenvalue weighted by Crippen LogP contribution is 2.33. The number of rotatable bonds is 7. The number of aryl methyl sites for hydroxylation is 3. The molecule has 0 radical (unpaired) electrons. The van der Waals surface area contributed by atoms with E-state index in [0.717, 1.165) is 46.2 Å². The van der Waals surface area contributed by atoms with E-state index in [1.165, 1.54) is 42.4 Å². The molecule has 1 aliphatic carbocycles. The van der Waals surface area contributed by atoms with Gasteiger partial charge in [0, 0.05) is 42.6 Å². The molecule has 1 heterocycles. The third kappa shape index (κ3) is 4.99. The second-order valence-electron chi connectivity index (χ2n) is 8.26. The summed E-state index contributed by atoms with van der Waals surface area (Å²) < 4.78 is 5.69. The van der Waals surface area contributed by atoms with Crippen molar-refractivity contribution in [3.8, 4) is 17.0 Å². The Balaban J connectivity index is 1.55. The quantitative estimate of drug-likeness (QED) is 0.328. The van der Waals surface area contributed by atoms with E-state index in [1.54, 1.807) is 18.4 Å². The molecule has 0 N–H and O–H groups in total. The first-order valence-corrected chi connectivity index (χ1v) is 11.9. The number of aliphatic imine (C=N–C) groups is 1. The number of hydrogen-bond acceptors (Lipinski definition) is 4. The molecule has 1 aliphatic rings. The molecule has 2 aromatic carbocycles. The van der Waals surface area contributed by atoms with Crippen molar-refractivity contribution in [2.45, 2.75) is 46.0 Å². The van der Waals surface area contributed by atoms with Gasteiger partial charge in [0.2, 0.25) is 0 Å². The summed E-state index contributed by atoms with van der Waals surface area (Å²) in [5, 5.41) is 3.28. The van der Waals surface area contributed by atoms with Crippen LogP contribution in [0, 0.1) is 6.92 Å². The zero-order valence-electron chi connectivity index (χ0n) is 18.9. The molecule has 0 saturated carbocycles. The van der Waals surface area contributed by atoms with E-state index in [1.807, 2.05) is 19.5 Å². The zero-order valence-corrected chi connectivity index (χ0v) is 19.8. The van der Waals surface area contributed by atoms with Gasteiger partial charge in [-0.3, -0.25) is 0 Å². The van der Waals surface area contributed by atoms with Crippen LogP contribution in [0.25, 0.3) is 11.3 Å². The molecule has 4 nitrogen and oxygen atoms in total. The minimum absolute atomic E-state index is 0.762. The van der Waals surface area contributed by atoms with Crippen molar-refractivity contribution in [1.82, 2.24) is 9.88 Å². The van der Waals surface area contributed by atoms with Gasteiger partial charge in [0.1, 0.15) is 5.75 Å². The van der Waals surface area contributed by atoms with Crippen LogP contribution in [0.2, 0.25) is 0 Å². The average molecular weight is 434 g/mol. The number of benzene rings is 2. The molecule has 3 aromatic rings. The molecular weight excluding hydrogens is 402 g/mol. The predicted octanol–water partition coefficient (Wildman–Crippen LogP) is 6.21. The van der Waals surface area contributed by atoms with Gasteiger partial charge in [0.25, 0.3) is 0 Å². The third-order valence-corrected chi connectivity index (χ3v) is 6.88. The molecule has 0 fully saturated rings. The van der Waals surface area contributed by atoms with Crippen LogP contribution in [-0.2, 0) is 19.3 Å².